The number of halogens is 2. The zero-order valence-corrected chi connectivity index (χ0v) is 13.3. The van der Waals surface area contributed by atoms with Crippen molar-refractivity contribution in [2.24, 2.45) is 0 Å². The van der Waals surface area contributed by atoms with Gasteiger partial charge in [0.05, 0.1) is 0 Å². The molecule has 1 aromatic heterocycles. The molecule has 0 aliphatic heterocycles. The molecule has 0 radical (unpaired) electrons. The van der Waals surface area contributed by atoms with Crippen molar-refractivity contribution in [3.8, 4) is 11.3 Å². The highest BCUT2D eigenvalue weighted by molar-refractivity contribution is 5.76. The summed E-state index contributed by atoms with van der Waals surface area (Å²) in [6, 6.07) is 12.5. The molecule has 6 heteroatoms. The molecule has 0 fully saturated rings. The van der Waals surface area contributed by atoms with E-state index in [1.54, 1.807) is 36.4 Å². The first-order chi connectivity index (χ1) is 12.1. The van der Waals surface area contributed by atoms with Gasteiger partial charge in [-0.15, -0.1) is 0 Å². The molecular formula is C19H16F2N2O2. The normalized spacial score (nSPS) is 10.6. The molecule has 25 heavy (non-hydrogen) atoms. The lowest BCUT2D eigenvalue weighted by Gasteiger charge is -2.06. The number of hydrogen-bond donors (Lipinski definition) is 1. The Morgan fingerprint density at radius 3 is 2.48 bits per heavy atom. The van der Waals surface area contributed by atoms with Crippen molar-refractivity contribution in [1.29, 1.82) is 0 Å². The zero-order valence-electron chi connectivity index (χ0n) is 13.3. The molecule has 2 aromatic carbocycles. The van der Waals surface area contributed by atoms with Gasteiger partial charge in [-0.25, -0.2) is 8.78 Å². The molecule has 0 saturated carbocycles. The Hall–Kier alpha value is -3.02. The van der Waals surface area contributed by atoms with E-state index in [9.17, 15) is 13.6 Å². The minimum atomic E-state index is -0.401. The first-order valence-corrected chi connectivity index (χ1v) is 7.83. The first kappa shape index (κ1) is 16.8. The van der Waals surface area contributed by atoms with Crippen molar-refractivity contribution in [3.63, 3.8) is 0 Å². The van der Waals surface area contributed by atoms with Crippen molar-refractivity contribution in [1.82, 2.24) is 10.5 Å². The molecule has 0 aliphatic carbocycles. The molecule has 3 rings (SSSR count). The van der Waals surface area contributed by atoms with E-state index in [1.807, 2.05) is 0 Å². The van der Waals surface area contributed by atoms with E-state index in [0.717, 1.165) is 0 Å². The minimum Gasteiger partial charge on any atom is -0.364 e. The third-order valence-corrected chi connectivity index (χ3v) is 3.83. The van der Waals surface area contributed by atoms with E-state index in [-0.39, 0.29) is 24.7 Å². The van der Waals surface area contributed by atoms with Crippen LogP contribution in [0.1, 0.15) is 17.5 Å². The van der Waals surface area contributed by atoms with E-state index in [0.29, 0.717) is 28.8 Å². The van der Waals surface area contributed by atoms with Crippen molar-refractivity contribution < 1.29 is 18.1 Å². The smallest absolute Gasteiger partial charge is 0.220 e. The number of aromatic nitrogens is 1. The van der Waals surface area contributed by atoms with Gasteiger partial charge in [0.2, 0.25) is 5.91 Å². The Bertz CT molecular complexity index is 877. The molecule has 4 nitrogen and oxygen atoms in total. The van der Waals surface area contributed by atoms with Crippen LogP contribution >= 0.6 is 0 Å². The summed E-state index contributed by atoms with van der Waals surface area (Å²) < 4.78 is 32.3. The van der Waals surface area contributed by atoms with Crippen LogP contribution in [0.15, 0.2) is 59.3 Å². The van der Waals surface area contributed by atoms with Crippen LogP contribution in [-0.2, 0) is 17.8 Å². The molecule has 1 N–H and O–H groups in total. The van der Waals surface area contributed by atoms with Gasteiger partial charge in [-0.2, -0.15) is 0 Å². The molecule has 0 atom stereocenters. The van der Waals surface area contributed by atoms with E-state index in [2.05, 4.69) is 10.5 Å². The molecule has 0 unspecified atom stereocenters. The maximum atomic E-state index is 13.9. The topological polar surface area (TPSA) is 55.1 Å². The Kier molecular flexibility index (Phi) is 5.18. The molecule has 128 valence electrons. The Labute approximate surface area is 143 Å². The third kappa shape index (κ3) is 4.09. The maximum absolute atomic E-state index is 13.9. The third-order valence-electron chi connectivity index (χ3n) is 3.83. The minimum absolute atomic E-state index is 0.120. The van der Waals surface area contributed by atoms with E-state index < -0.39 is 5.82 Å². The quantitative estimate of drug-likeness (QED) is 0.740. The second-order valence-electron chi connectivity index (χ2n) is 5.54. The van der Waals surface area contributed by atoms with Gasteiger partial charge in [-0.05, 0) is 24.6 Å². The molecule has 0 saturated heterocycles. The first-order valence-electron chi connectivity index (χ1n) is 7.83. The Balaban J connectivity index is 1.59. The van der Waals surface area contributed by atoms with Crippen molar-refractivity contribution >= 4 is 5.91 Å². The Morgan fingerprint density at radius 1 is 1.00 bits per heavy atom. The van der Waals surface area contributed by atoms with Crippen LogP contribution in [0, 0.1) is 11.6 Å². The number of aryl methyl sites for hydroxylation is 1. The molecule has 1 amide bonds. The second kappa shape index (κ2) is 7.70. The number of nitrogens with zero attached hydrogens (tertiary/aromatic N) is 1. The summed E-state index contributed by atoms with van der Waals surface area (Å²) in [6.07, 6.45) is 1.92. The van der Waals surface area contributed by atoms with Crippen LogP contribution in [0.5, 0.6) is 0 Å². The number of benzene rings is 2. The summed E-state index contributed by atoms with van der Waals surface area (Å²) in [6.45, 7) is 0.120. The predicted molar refractivity (Wildman–Crippen MR) is 88.5 cm³/mol. The average Bonchev–Trinajstić information content (AvgIpc) is 3.08. The summed E-state index contributed by atoms with van der Waals surface area (Å²) in [5.74, 6) is -0.991. The van der Waals surface area contributed by atoms with Crippen molar-refractivity contribution in [3.05, 3.63) is 77.6 Å². The van der Waals surface area contributed by atoms with Gasteiger partial charge in [0, 0.05) is 29.7 Å². The van der Waals surface area contributed by atoms with Gasteiger partial charge in [-0.3, -0.25) is 4.79 Å². The standard InChI is InChI=1S/C19H16F2N2O2/c20-16-7-3-1-5-13(16)11-22-18(24)10-9-14-12-25-23-19(14)15-6-2-4-8-17(15)21/h1-8,12H,9-11H2,(H,22,24). The monoisotopic (exact) mass is 342 g/mol. The largest absolute Gasteiger partial charge is 0.364 e. The summed E-state index contributed by atoms with van der Waals surface area (Å²) in [5.41, 5.74) is 1.79. The lowest BCUT2D eigenvalue weighted by molar-refractivity contribution is -0.121. The predicted octanol–water partition coefficient (Wildman–Crippen LogP) is 3.87. The zero-order chi connectivity index (χ0) is 17.6. The molecule has 1 heterocycles. The summed E-state index contributed by atoms with van der Waals surface area (Å²) >= 11 is 0. The number of carbonyl (C=O) groups excluding carboxylic acids is 1. The lowest BCUT2D eigenvalue weighted by atomic mass is 10.0. The lowest BCUT2D eigenvalue weighted by Crippen LogP contribution is -2.23. The van der Waals surface area contributed by atoms with Gasteiger partial charge in [-0.1, -0.05) is 35.5 Å². The highest BCUT2D eigenvalue weighted by Gasteiger charge is 2.15. The number of rotatable bonds is 6. The van der Waals surface area contributed by atoms with Crippen LogP contribution in [0.3, 0.4) is 0 Å². The highest BCUT2D eigenvalue weighted by Crippen LogP contribution is 2.25. The summed E-state index contributed by atoms with van der Waals surface area (Å²) in [4.78, 5) is 12.0. The van der Waals surface area contributed by atoms with Crippen LogP contribution < -0.4 is 5.32 Å². The molecular weight excluding hydrogens is 326 g/mol. The van der Waals surface area contributed by atoms with Crippen LogP contribution in [0.4, 0.5) is 8.78 Å². The SMILES string of the molecule is O=C(CCc1conc1-c1ccccc1F)NCc1ccccc1F. The number of amides is 1. The molecule has 0 spiro atoms. The van der Waals surface area contributed by atoms with E-state index in [1.165, 1.54) is 18.4 Å². The van der Waals surface area contributed by atoms with E-state index in [4.69, 9.17) is 4.52 Å². The fourth-order valence-corrected chi connectivity index (χ4v) is 2.48. The van der Waals surface area contributed by atoms with Gasteiger partial charge in [0.15, 0.2) is 0 Å². The second-order valence-corrected chi connectivity index (χ2v) is 5.54. The van der Waals surface area contributed by atoms with Gasteiger partial charge < -0.3 is 9.84 Å². The van der Waals surface area contributed by atoms with Crippen LogP contribution in [0.25, 0.3) is 11.3 Å². The maximum Gasteiger partial charge on any atom is 0.220 e. The number of carbonyl (C=O) groups is 1. The van der Waals surface area contributed by atoms with Crippen LogP contribution in [0.2, 0.25) is 0 Å². The van der Waals surface area contributed by atoms with Crippen molar-refractivity contribution in [2.45, 2.75) is 19.4 Å². The average molecular weight is 342 g/mol. The molecule has 3 aromatic rings. The fourth-order valence-electron chi connectivity index (χ4n) is 2.48. The number of hydrogen-bond acceptors (Lipinski definition) is 3. The van der Waals surface area contributed by atoms with Gasteiger partial charge >= 0.3 is 0 Å². The van der Waals surface area contributed by atoms with Gasteiger partial charge in [0.25, 0.3) is 0 Å². The molecule has 0 aliphatic rings. The number of nitrogens with one attached hydrogen (secondary N) is 1. The van der Waals surface area contributed by atoms with Gasteiger partial charge in [0.1, 0.15) is 23.6 Å². The van der Waals surface area contributed by atoms with E-state index >= 15 is 0 Å². The summed E-state index contributed by atoms with van der Waals surface area (Å²) in [7, 11) is 0. The highest BCUT2D eigenvalue weighted by atomic mass is 19.1. The summed E-state index contributed by atoms with van der Waals surface area (Å²) in [5, 5.41) is 6.50. The van der Waals surface area contributed by atoms with Crippen LogP contribution in [-0.4, -0.2) is 11.1 Å². The molecule has 0 bridgehead atoms. The Morgan fingerprint density at radius 2 is 1.72 bits per heavy atom. The fraction of sp³-hybridized carbons (Fsp3) is 0.158. The van der Waals surface area contributed by atoms with Crippen molar-refractivity contribution in [2.75, 3.05) is 0 Å².